The van der Waals surface area contributed by atoms with Gasteiger partial charge in [0.15, 0.2) is 5.82 Å². The van der Waals surface area contributed by atoms with Gasteiger partial charge in [0.2, 0.25) is 5.60 Å². The average molecular weight is 717 g/mol. The van der Waals surface area contributed by atoms with Crippen LogP contribution in [0.15, 0.2) is 36.7 Å². The fourth-order valence-corrected chi connectivity index (χ4v) is 6.41. The smallest absolute Gasteiger partial charge is 0.388 e. The summed E-state index contributed by atoms with van der Waals surface area (Å²) in [6.07, 6.45) is 12.1. The molecule has 1 aromatic carbocycles. The molecule has 2 unspecified atom stereocenters. The molecule has 0 saturated carbocycles. The highest BCUT2D eigenvalue weighted by atomic mass is 31.2. The van der Waals surface area contributed by atoms with Crippen LogP contribution >= 0.6 is 7.82 Å². The van der Waals surface area contributed by atoms with E-state index in [1.165, 1.54) is 75.0 Å². The molecule has 50 heavy (non-hydrogen) atoms. The number of rotatable bonds is 25. The van der Waals surface area contributed by atoms with Crippen LogP contribution in [-0.2, 0) is 36.1 Å². The van der Waals surface area contributed by atoms with E-state index in [4.69, 9.17) is 24.3 Å². The molecule has 0 saturated heterocycles. The maximum atomic E-state index is 14.0. The van der Waals surface area contributed by atoms with E-state index in [0.29, 0.717) is 23.2 Å². The predicted octanol–water partition coefficient (Wildman–Crippen LogP) is 6.55. The molecule has 0 bridgehead atoms. The van der Waals surface area contributed by atoms with E-state index < -0.39 is 38.1 Å². The monoisotopic (exact) mass is 716 g/mol. The summed E-state index contributed by atoms with van der Waals surface area (Å²) in [6, 6.07) is 11.0. The second-order valence-corrected chi connectivity index (χ2v) is 13.9. The number of nitrogens with two attached hydrogens (primary N) is 1. The van der Waals surface area contributed by atoms with E-state index in [9.17, 15) is 29.5 Å². The van der Waals surface area contributed by atoms with Crippen LogP contribution < -0.4 is 5.73 Å². The highest BCUT2D eigenvalue weighted by Gasteiger charge is 2.42. The molecular weight excluding hydrogens is 666 g/mol. The molecular formula is C35H50FN6O7P. The molecule has 2 heterocycles. The Morgan fingerprint density at radius 1 is 1.04 bits per heavy atom. The first kappa shape index (κ1) is 41.0. The van der Waals surface area contributed by atoms with Crippen LogP contribution in [0.3, 0.4) is 0 Å². The number of anilines is 1. The number of methoxy groups -OCH3 is 1. The molecule has 4 atom stereocenters. The fourth-order valence-electron chi connectivity index (χ4n) is 5.62. The van der Waals surface area contributed by atoms with Crippen LogP contribution in [0.5, 0.6) is 0 Å². The number of phosphoric acid groups is 1. The number of ether oxygens (including phenoxy) is 2. The summed E-state index contributed by atoms with van der Waals surface area (Å²) in [4.78, 5) is 14.5. The van der Waals surface area contributed by atoms with Crippen molar-refractivity contribution >= 4 is 19.2 Å². The van der Waals surface area contributed by atoms with Gasteiger partial charge in [-0.25, -0.2) is 18.5 Å². The van der Waals surface area contributed by atoms with E-state index >= 15 is 0 Å². The van der Waals surface area contributed by atoms with Crippen LogP contribution in [-0.4, -0.2) is 62.7 Å². The summed E-state index contributed by atoms with van der Waals surface area (Å²) < 4.78 is 50.2. The van der Waals surface area contributed by atoms with E-state index in [1.807, 2.05) is 12.1 Å². The molecule has 2 aromatic heterocycles. The lowest BCUT2D eigenvalue weighted by Crippen LogP contribution is -2.48. The number of hydrogen-bond acceptors (Lipinski definition) is 11. The number of hydrogen-bond donors (Lipinski definition) is 3. The molecule has 13 nitrogen and oxygen atoms in total. The largest absolute Gasteiger partial charge is 0.472 e. The van der Waals surface area contributed by atoms with Crippen molar-refractivity contribution < 1.29 is 37.5 Å². The first-order valence-electron chi connectivity index (χ1n) is 17.2. The number of nitrogens with zero attached hydrogens (tertiary/aromatic N) is 5. The van der Waals surface area contributed by atoms with Crippen LogP contribution in [0.4, 0.5) is 10.2 Å². The van der Waals surface area contributed by atoms with Gasteiger partial charge < -0.3 is 25.2 Å². The van der Waals surface area contributed by atoms with Crippen molar-refractivity contribution in [2.75, 3.05) is 26.1 Å². The van der Waals surface area contributed by atoms with Crippen LogP contribution in [0.25, 0.3) is 5.52 Å². The lowest BCUT2D eigenvalue weighted by molar-refractivity contribution is -0.0915. The molecule has 0 spiro atoms. The van der Waals surface area contributed by atoms with Gasteiger partial charge in [-0.1, -0.05) is 77.6 Å². The van der Waals surface area contributed by atoms with Gasteiger partial charge in [-0.15, -0.1) is 0 Å². The Morgan fingerprint density at radius 3 is 2.36 bits per heavy atom. The SMILES string of the molecule is CCCCCCCCCCCCC[C@@H](COP(=O)(O)OCC(C#N)(OC)[C@@H](O)Cc1ccc2c(N)ncnn12)OCc1cc(F)cc(C#N)c1. The Morgan fingerprint density at radius 2 is 1.72 bits per heavy atom. The second-order valence-electron chi connectivity index (χ2n) is 12.4. The minimum atomic E-state index is -4.78. The molecule has 3 rings (SSSR count). The van der Waals surface area contributed by atoms with Gasteiger partial charge >= 0.3 is 7.82 Å². The van der Waals surface area contributed by atoms with Gasteiger partial charge in [0.05, 0.1) is 31.0 Å². The molecule has 0 aliphatic rings. The number of benzene rings is 1. The highest BCUT2D eigenvalue weighted by Crippen LogP contribution is 2.45. The van der Waals surface area contributed by atoms with Crippen molar-refractivity contribution in [3.05, 3.63) is 59.3 Å². The zero-order valence-corrected chi connectivity index (χ0v) is 29.9. The zero-order chi connectivity index (χ0) is 36.4. The number of nitrogen functional groups attached to an aromatic ring is 1. The molecule has 15 heteroatoms. The molecule has 0 aliphatic carbocycles. The zero-order valence-electron chi connectivity index (χ0n) is 29.0. The van der Waals surface area contributed by atoms with E-state index in [0.717, 1.165) is 31.7 Å². The molecule has 0 radical (unpaired) electrons. The molecule has 0 fully saturated rings. The third kappa shape index (κ3) is 13.0. The Kier molecular flexibility index (Phi) is 17.2. The first-order chi connectivity index (χ1) is 24.1. The Labute approximate surface area is 293 Å². The number of aliphatic hydroxyl groups excluding tert-OH is 1. The van der Waals surface area contributed by atoms with Crippen LogP contribution in [0.2, 0.25) is 0 Å². The quantitative estimate of drug-likeness (QED) is 0.0632. The Hall–Kier alpha value is -3.46. The topological polar surface area (TPSA) is 198 Å². The van der Waals surface area contributed by atoms with Crippen molar-refractivity contribution in [3.8, 4) is 12.1 Å². The summed E-state index contributed by atoms with van der Waals surface area (Å²) in [5, 5.41) is 34.3. The molecule has 0 aliphatic heterocycles. The van der Waals surface area contributed by atoms with Gasteiger partial charge in [-0.3, -0.25) is 9.05 Å². The number of halogens is 1. The number of phosphoric ester groups is 1. The van der Waals surface area contributed by atoms with E-state index in [1.54, 1.807) is 12.1 Å². The van der Waals surface area contributed by atoms with E-state index in [-0.39, 0.29) is 31.0 Å². The van der Waals surface area contributed by atoms with Gasteiger partial charge in [-0.2, -0.15) is 15.6 Å². The first-order valence-corrected chi connectivity index (χ1v) is 18.7. The van der Waals surface area contributed by atoms with Crippen LogP contribution in [0.1, 0.15) is 101 Å². The van der Waals surface area contributed by atoms with Gasteiger partial charge in [0.25, 0.3) is 0 Å². The fraction of sp³-hybridized carbons (Fsp3) is 0.600. The van der Waals surface area contributed by atoms with Gasteiger partial charge in [0.1, 0.15) is 36.4 Å². The maximum absolute atomic E-state index is 14.0. The molecule has 3 aromatic rings. The van der Waals surface area contributed by atoms with Crippen molar-refractivity contribution in [1.82, 2.24) is 14.6 Å². The van der Waals surface area contributed by atoms with Gasteiger partial charge in [-0.05, 0) is 42.3 Å². The van der Waals surface area contributed by atoms with E-state index in [2.05, 4.69) is 17.0 Å². The van der Waals surface area contributed by atoms with Crippen molar-refractivity contribution in [1.29, 1.82) is 10.5 Å². The lowest BCUT2D eigenvalue weighted by Gasteiger charge is -2.30. The maximum Gasteiger partial charge on any atom is 0.472 e. The third-order valence-corrected chi connectivity index (χ3v) is 9.55. The second kappa shape index (κ2) is 21.0. The molecule has 0 amide bonds. The standard InChI is InChI=1S/C35H50FN6O7P/c1-3-4-5-6-7-8-9-10-11-12-13-14-31(47-22-28-17-27(21-37)18-29(36)19-28)23-48-50(44,45)49-25-35(24-38,46-2)33(43)20-30-15-16-32-34(39)40-26-41-42(30)32/h15-19,26,31,33,43H,3-14,20,22-23,25H2,1-2H3,(H,44,45)(H2,39,40,41)/t31-,33-,35?/m0/s1. The van der Waals surface area contributed by atoms with Gasteiger partial charge in [0, 0.05) is 19.2 Å². The normalized spacial score (nSPS) is 15.2. The Balaban J connectivity index is 1.56. The molecule has 4 N–H and O–H groups in total. The number of fused-ring (bicyclic) bond motifs is 1. The van der Waals surface area contributed by atoms with Crippen molar-refractivity contribution in [2.24, 2.45) is 0 Å². The Bertz CT molecular complexity index is 1610. The highest BCUT2D eigenvalue weighted by molar-refractivity contribution is 7.47. The number of nitriles is 2. The summed E-state index contributed by atoms with van der Waals surface area (Å²) in [6.45, 7) is 1.04. The summed E-state index contributed by atoms with van der Waals surface area (Å²) in [5.41, 5.74) is 5.43. The number of aliphatic hydroxyl groups is 1. The summed E-state index contributed by atoms with van der Waals surface area (Å²) in [5.74, 6) is -0.340. The minimum Gasteiger partial charge on any atom is -0.388 e. The van der Waals surface area contributed by atoms with Crippen LogP contribution in [0, 0.1) is 28.5 Å². The summed E-state index contributed by atoms with van der Waals surface area (Å²) in [7, 11) is -3.60. The minimum absolute atomic E-state index is 0.0481. The molecule has 274 valence electrons. The lowest BCUT2D eigenvalue weighted by atomic mass is 9.95. The van der Waals surface area contributed by atoms with Crippen molar-refractivity contribution in [2.45, 2.75) is 115 Å². The third-order valence-electron chi connectivity index (χ3n) is 8.62. The number of unbranched alkanes of at least 4 members (excludes halogenated alkanes) is 10. The number of aromatic nitrogens is 3. The predicted molar refractivity (Wildman–Crippen MR) is 185 cm³/mol. The van der Waals surface area contributed by atoms with Crippen molar-refractivity contribution in [3.63, 3.8) is 0 Å². The summed E-state index contributed by atoms with van der Waals surface area (Å²) >= 11 is 0. The average Bonchev–Trinajstić information content (AvgIpc) is 3.52.